The molecule has 5 rings (SSSR count). The van der Waals surface area contributed by atoms with Gasteiger partial charge in [-0.25, -0.2) is 18.2 Å². The molecule has 3 aliphatic rings. The van der Waals surface area contributed by atoms with E-state index >= 15 is 0 Å². The largest absolute Gasteiger partial charge is 0.480 e. The number of carboxylic acids is 1. The molecule has 3 aliphatic heterocycles. The topological polar surface area (TPSA) is 83.9 Å². The lowest BCUT2D eigenvalue weighted by Gasteiger charge is -2.32. The Morgan fingerprint density at radius 3 is 2.92 bits per heavy atom. The highest BCUT2D eigenvalue weighted by Gasteiger charge is 2.40. The van der Waals surface area contributed by atoms with Crippen LogP contribution in [0.4, 0.5) is 19.0 Å². The second-order valence-electron chi connectivity index (χ2n) is 10.8. The lowest BCUT2D eigenvalue weighted by atomic mass is 9.91. The van der Waals surface area contributed by atoms with Gasteiger partial charge in [-0.15, -0.1) is 0 Å². The van der Waals surface area contributed by atoms with Crippen LogP contribution < -0.4 is 5.32 Å². The number of nitrogens with one attached hydrogen (secondary N) is 1. The van der Waals surface area contributed by atoms with Crippen molar-refractivity contribution < 1.29 is 32.5 Å². The average molecular weight is 548 g/mol. The lowest BCUT2D eigenvalue weighted by molar-refractivity contribution is -0.147. The van der Waals surface area contributed by atoms with E-state index in [1.54, 1.807) is 4.90 Å². The SMILES string of the molecule is O=C(O)[C@H](c1cc(F)ccc1[C@@H]1CCC(F)(F)CO1)N1CC[C@@H](OCCCCc2ccc3c(n2)NCCC3)C1. The number of hydrogen-bond acceptors (Lipinski definition) is 6. The zero-order valence-electron chi connectivity index (χ0n) is 22.0. The van der Waals surface area contributed by atoms with Crippen molar-refractivity contribution in [3.8, 4) is 0 Å². The molecule has 2 N–H and O–H groups in total. The van der Waals surface area contributed by atoms with Gasteiger partial charge in [0.15, 0.2) is 0 Å². The minimum absolute atomic E-state index is 0.0429. The third-order valence-corrected chi connectivity index (χ3v) is 7.87. The summed E-state index contributed by atoms with van der Waals surface area (Å²) in [4.78, 5) is 18.9. The van der Waals surface area contributed by atoms with Crippen LogP contribution in [0.5, 0.6) is 0 Å². The summed E-state index contributed by atoms with van der Waals surface area (Å²) in [6.07, 6.45) is 4.40. The quantitative estimate of drug-likeness (QED) is 0.391. The molecule has 2 fully saturated rings. The maximum Gasteiger partial charge on any atom is 0.325 e. The Morgan fingerprint density at radius 1 is 1.26 bits per heavy atom. The predicted octanol–water partition coefficient (Wildman–Crippen LogP) is 5.31. The van der Waals surface area contributed by atoms with Gasteiger partial charge in [0.05, 0.1) is 12.2 Å². The number of hydrogen-bond donors (Lipinski definition) is 2. The molecule has 2 saturated heterocycles. The van der Waals surface area contributed by atoms with E-state index < -0.39 is 36.5 Å². The van der Waals surface area contributed by atoms with Gasteiger partial charge in [0.1, 0.15) is 24.3 Å². The molecule has 0 radical (unpaired) electrons. The number of fused-ring (bicyclic) bond motifs is 1. The number of aromatic nitrogens is 1. The number of carboxylic acid groups (broad SMARTS) is 1. The fourth-order valence-corrected chi connectivity index (χ4v) is 5.82. The van der Waals surface area contributed by atoms with Gasteiger partial charge in [-0.2, -0.15) is 0 Å². The van der Waals surface area contributed by atoms with Crippen LogP contribution in [0.2, 0.25) is 0 Å². The highest BCUT2D eigenvalue weighted by Crippen LogP contribution is 2.40. The van der Waals surface area contributed by atoms with Crippen LogP contribution in [0, 0.1) is 5.82 Å². The number of likely N-dealkylation sites (tertiary alicyclic amines) is 1. The van der Waals surface area contributed by atoms with Crippen molar-refractivity contribution in [1.29, 1.82) is 0 Å². The van der Waals surface area contributed by atoms with Gasteiger partial charge < -0.3 is 19.9 Å². The second-order valence-corrected chi connectivity index (χ2v) is 10.8. The van der Waals surface area contributed by atoms with Gasteiger partial charge in [0.25, 0.3) is 5.92 Å². The summed E-state index contributed by atoms with van der Waals surface area (Å²) in [7, 11) is 0. The first-order valence-corrected chi connectivity index (χ1v) is 13.9. The molecule has 0 amide bonds. The highest BCUT2D eigenvalue weighted by atomic mass is 19.3. The number of alkyl halides is 2. The summed E-state index contributed by atoms with van der Waals surface area (Å²) in [5.41, 5.74) is 3.05. The summed E-state index contributed by atoms with van der Waals surface area (Å²) in [6, 6.07) is 7.03. The molecular formula is C29H36F3N3O4. The first-order valence-electron chi connectivity index (χ1n) is 13.9. The lowest BCUT2D eigenvalue weighted by Crippen LogP contribution is -2.36. The number of aryl methyl sites for hydroxylation is 2. The van der Waals surface area contributed by atoms with Crippen LogP contribution in [-0.2, 0) is 27.1 Å². The normalized spacial score (nSPS) is 23.7. The minimum atomic E-state index is -2.91. The Morgan fingerprint density at radius 2 is 2.13 bits per heavy atom. The van der Waals surface area contributed by atoms with Crippen LogP contribution >= 0.6 is 0 Å². The monoisotopic (exact) mass is 547 g/mol. The third-order valence-electron chi connectivity index (χ3n) is 7.87. The minimum Gasteiger partial charge on any atom is -0.480 e. The third kappa shape index (κ3) is 6.91. The zero-order valence-corrected chi connectivity index (χ0v) is 22.0. The Bertz CT molecular complexity index is 1150. The molecule has 39 heavy (non-hydrogen) atoms. The predicted molar refractivity (Wildman–Crippen MR) is 140 cm³/mol. The zero-order chi connectivity index (χ0) is 27.4. The number of aliphatic carboxylic acids is 1. The van der Waals surface area contributed by atoms with Crippen LogP contribution in [0.3, 0.4) is 0 Å². The van der Waals surface area contributed by atoms with Gasteiger partial charge >= 0.3 is 5.97 Å². The molecule has 0 unspecified atom stereocenters. The van der Waals surface area contributed by atoms with Gasteiger partial charge in [-0.1, -0.05) is 12.1 Å². The van der Waals surface area contributed by atoms with Crippen molar-refractivity contribution in [2.75, 3.05) is 38.2 Å². The van der Waals surface area contributed by atoms with Gasteiger partial charge in [-0.3, -0.25) is 9.69 Å². The first-order chi connectivity index (χ1) is 18.8. The number of anilines is 1. The van der Waals surface area contributed by atoms with Crippen molar-refractivity contribution in [3.05, 3.63) is 58.5 Å². The van der Waals surface area contributed by atoms with Crippen molar-refractivity contribution in [2.45, 2.75) is 75.5 Å². The fraction of sp³-hybridized carbons (Fsp3) is 0.586. The van der Waals surface area contributed by atoms with Gasteiger partial charge in [0.2, 0.25) is 0 Å². The first kappa shape index (κ1) is 27.9. The van der Waals surface area contributed by atoms with E-state index in [1.165, 1.54) is 23.8 Å². The molecule has 1 aromatic carbocycles. The van der Waals surface area contributed by atoms with E-state index in [0.29, 0.717) is 31.7 Å². The van der Waals surface area contributed by atoms with Crippen molar-refractivity contribution in [1.82, 2.24) is 9.88 Å². The number of unbranched alkanes of at least 4 members (excludes halogenated alkanes) is 1. The molecule has 212 valence electrons. The maximum absolute atomic E-state index is 14.3. The molecule has 0 aliphatic carbocycles. The van der Waals surface area contributed by atoms with Gasteiger partial charge in [0, 0.05) is 38.4 Å². The second kappa shape index (κ2) is 12.2. The summed E-state index contributed by atoms with van der Waals surface area (Å²) in [5.74, 6) is -3.59. The Balaban J connectivity index is 1.14. The molecule has 10 heteroatoms. The average Bonchev–Trinajstić information content (AvgIpc) is 3.37. The maximum atomic E-state index is 14.3. The molecule has 7 nitrogen and oxygen atoms in total. The number of carbonyl (C=O) groups is 1. The van der Waals surface area contributed by atoms with Crippen LogP contribution in [0.25, 0.3) is 0 Å². The number of pyridine rings is 1. The van der Waals surface area contributed by atoms with Crippen molar-refractivity contribution in [3.63, 3.8) is 0 Å². The molecule has 1 aromatic heterocycles. The van der Waals surface area contributed by atoms with E-state index in [9.17, 15) is 23.1 Å². The molecule has 0 spiro atoms. The summed E-state index contributed by atoms with van der Waals surface area (Å²) in [6.45, 7) is 1.67. The number of benzene rings is 1. The number of halogens is 3. The standard InChI is InChI=1S/C29H36F3N3O4/c30-20-7-9-23(25-10-12-29(31,32)18-39-25)24(16-20)26(28(36)37)35-14-11-22(17-35)38-15-2-1-5-21-8-6-19-4-3-13-33-27(19)34-21/h6-9,16,22,25-26H,1-5,10-15,17-18H2,(H,33,34)(H,36,37)/t22-,25+,26+/m1/s1. The van der Waals surface area contributed by atoms with E-state index in [0.717, 1.165) is 50.2 Å². The molecule has 2 aromatic rings. The molecule has 3 atom stereocenters. The molecule has 0 saturated carbocycles. The Kier molecular flexibility index (Phi) is 8.73. The van der Waals surface area contributed by atoms with Gasteiger partial charge in [-0.05, 0) is 79.8 Å². The highest BCUT2D eigenvalue weighted by molar-refractivity contribution is 5.76. The van der Waals surface area contributed by atoms with Crippen molar-refractivity contribution >= 4 is 11.8 Å². The van der Waals surface area contributed by atoms with Crippen LogP contribution in [0.1, 0.15) is 73.1 Å². The van der Waals surface area contributed by atoms with Crippen LogP contribution in [0.15, 0.2) is 30.3 Å². The Labute approximate surface area is 226 Å². The summed E-state index contributed by atoms with van der Waals surface area (Å²) >= 11 is 0. The number of nitrogens with zero attached hydrogens (tertiary/aromatic N) is 2. The van der Waals surface area contributed by atoms with E-state index in [1.807, 2.05) is 0 Å². The van der Waals surface area contributed by atoms with E-state index in [4.69, 9.17) is 14.5 Å². The molecule has 4 heterocycles. The van der Waals surface area contributed by atoms with E-state index in [-0.39, 0.29) is 24.5 Å². The van der Waals surface area contributed by atoms with E-state index in [2.05, 4.69) is 17.4 Å². The molecule has 0 bridgehead atoms. The van der Waals surface area contributed by atoms with Crippen LogP contribution in [-0.4, -0.2) is 65.8 Å². The summed E-state index contributed by atoms with van der Waals surface area (Å²) < 4.78 is 53.0. The van der Waals surface area contributed by atoms with Crippen molar-refractivity contribution in [2.24, 2.45) is 0 Å². The number of rotatable bonds is 10. The molecular weight excluding hydrogens is 511 g/mol. The smallest absolute Gasteiger partial charge is 0.325 e. The summed E-state index contributed by atoms with van der Waals surface area (Å²) in [5, 5.41) is 13.5. The fourth-order valence-electron chi connectivity index (χ4n) is 5.82. The number of ether oxygens (including phenoxy) is 2. The Hall–Kier alpha value is -2.69.